The maximum Gasteiger partial charge on any atom is 0.294 e. The number of anilines is 3. The number of allylic oxidation sites excluding steroid dienone is 2. The van der Waals surface area contributed by atoms with E-state index in [0.29, 0.717) is 30.0 Å². The third kappa shape index (κ3) is 4.01. The number of nitrogens with one attached hydrogen (secondary N) is 1. The van der Waals surface area contributed by atoms with Crippen LogP contribution in [0.25, 0.3) is 0 Å². The predicted octanol–water partition coefficient (Wildman–Crippen LogP) is 5.59. The van der Waals surface area contributed by atoms with Crippen LogP contribution in [0, 0.1) is 22.0 Å². The van der Waals surface area contributed by atoms with Crippen LogP contribution >= 0.6 is 0 Å². The van der Waals surface area contributed by atoms with Gasteiger partial charge in [-0.25, -0.2) is 4.90 Å². The molecule has 34 heavy (non-hydrogen) atoms. The zero-order valence-corrected chi connectivity index (χ0v) is 18.1. The Balaban J connectivity index is 1.36. The first kappa shape index (κ1) is 21.4. The molecule has 1 heterocycles. The second kappa shape index (κ2) is 8.82. The van der Waals surface area contributed by atoms with Crippen LogP contribution in [-0.4, -0.2) is 16.7 Å². The van der Waals surface area contributed by atoms with Crippen molar-refractivity contribution in [2.75, 3.05) is 10.2 Å². The highest BCUT2D eigenvalue weighted by molar-refractivity contribution is 6.22. The SMILES string of the molecule is O=C1[C@H]2CC=CC[C@H]2C(=O)N1c1ccc(Nc2ccc(Oc3ccccc3)cc2)c([N+](=O)[O-])c1. The summed E-state index contributed by atoms with van der Waals surface area (Å²) in [6, 6.07) is 20.7. The number of nitrogens with zero attached hydrogens (tertiary/aromatic N) is 2. The highest BCUT2D eigenvalue weighted by Crippen LogP contribution is 2.40. The summed E-state index contributed by atoms with van der Waals surface area (Å²) in [7, 11) is 0. The highest BCUT2D eigenvalue weighted by Gasteiger charge is 2.48. The molecular formula is C26H21N3O5. The average Bonchev–Trinajstić information content (AvgIpc) is 3.11. The fourth-order valence-corrected chi connectivity index (χ4v) is 4.36. The van der Waals surface area contributed by atoms with Gasteiger partial charge >= 0.3 is 0 Å². The van der Waals surface area contributed by atoms with E-state index in [-0.39, 0.29) is 28.9 Å². The number of hydrogen-bond donors (Lipinski definition) is 1. The van der Waals surface area contributed by atoms with E-state index in [2.05, 4.69) is 5.32 Å². The van der Waals surface area contributed by atoms with Gasteiger partial charge in [-0.1, -0.05) is 30.4 Å². The van der Waals surface area contributed by atoms with Gasteiger partial charge in [0.15, 0.2) is 0 Å². The number of imide groups is 1. The number of carbonyl (C=O) groups is 2. The van der Waals surface area contributed by atoms with Gasteiger partial charge in [0.1, 0.15) is 17.2 Å². The summed E-state index contributed by atoms with van der Waals surface area (Å²) in [6.45, 7) is 0. The summed E-state index contributed by atoms with van der Waals surface area (Å²) in [5.41, 5.74) is 0.870. The quantitative estimate of drug-likeness (QED) is 0.225. The van der Waals surface area contributed by atoms with Crippen LogP contribution in [0.1, 0.15) is 12.8 Å². The Morgan fingerprint density at radius 2 is 1.47 bits per heavy atom. The number of hydrogen-bond acceptors (Lipinski definition) is 6. The van der Waals surface area contributed by atoms with E-state index in [1.807, 2.05) is 42.5 Å². The van der Waals surface area contributed by atoms with Gasteiger partial charge in [0.25, 0.3) is 5.69 Å². The number of carbonyl (C=O) groups excluding carboxylic acids is 2. The fourth-order valence-electron chi connectivity index (χ4n) is 4.36. The second-order valence-electron chi connectivity index (χ2n) is 8.19. The van der Waals surface area contributed by atoms with Gasteiger partial charge in [0.2, 0.25) is 11.8 Å². The van der Waals surface area contributed by atoms with Crippen molar-refractivity contribution in [2.45, 2.75) is 12.8 Å². The average molecular weight is 455 g/mol. The van der Waals surface area contributed by atoms with Crippen molar-refractivity contribution in [3.63, 3.8) is 0 Å². The van der Waals surface area contributed by atoms with E-state index in [1.165, 1.54) is 12.1 Å². The Kier molecular flexibility index (Phi) is 5.55. The number of amides is 2. The molecule has 8 heteroatoms. The number of ether oxygens (including phenoxy) is 1. The monoisotopic (exact) mass is 455 g/mol. The Bertz CT molecular complexity index is 1260. The molecule has 1 N–H and O–H groups in total. The van der Waals surface area contributed by atoms with Crippen LogP contribution in [0.15, 0.2) is 84.9 Å². The van der Waals surface area contributed by atoms with Crippen molar-refractivity contribution in [1.82, 2.24) is 0 Å². The normalized spacial score (nSPS) is 19.1. The number of rotatable bonds is 6. The van der Waals surface area contributed by atoms with E-state index < -0.39 is 16.8 Å². The first-order valence-electron chi connectivity index (χ1n) is 10.9. The Morgan fingerprint density at radius 1 is 0.853 bits per heavy atom. The molecule has 0 unspecified atom stereocenters. The van der Waals surface area contributed by atoms with Crippen molar-refractivity contribution in [2.24, 2.45) is 11.8 Å². The molecule has 0 spiro atoms. The first-order valence-corrected chi connectivity index (χ1v) is 10.9. The van der Waals surface area contributed by atoms with Crippen molar-refractivity contribution >= 4 is 34.6 Å². The summed E-state index contributed by atoms with van der Waals surface area (Å²) < 4.78 is 5.77. The maximum atomic E-state index is 12.8. The molecule has 0 aromatic heterocycles. The van der Waals surface area contributed by atoms with Gasteiger partial charge in [0.05, 0.1) is 22.4 Å². The lowest BCUT2D eigenvalue weighted by atomic mass is 9.85. The van der Waals surface area contributed by atoms with Crippen LogP contribution in [0.4, 0.5) is 22.7 Å². The first-order chi connectivity index (χ1) is 16.5. The van der Waals surface area contributed by atoms with Crippen LogP contribution in [-0.2, 0) is 9.59 Å². The Morgan fingerprint density at radius 3 is 2.09 bits per heavy atom. The zero-order chi connectivity index (χ0) is 23.7. The zero-order valence-electron chi connectivity index (χ0n) is 18.1. The van der Waals surface area contributed by atoms with Gasteiger partial charge in [-0.3, -0.25) is 19.7 Å². The van der Waals surface area contributed by atoms with Crippen molar-refractivity contribution in [1.29, 1.82) is 0 Å². The summed E-state index contributed by atoms with van der Waals surface area (Å²) >= 11 is 0. The third-order valence-corrected chi connectivity index (χ3v) is 6.06. The summed E-state index contributed by atoms with van der Waals surface area (Å²) in [5.74, 6) is -0.0663. The minimum absolute atomic E-state index is 0.216. The van der Waals surface area contributed by atoms with Gasteiger partial charge in [-0.15, -0.1) is 0 Å². The third-order valence-electron chi connectivity index (χ3n) is 6.06. The van der Waals surface area contributed by atoms with Gasteiger partial charge in [-0.05, 0) is 61.4 Å². The number of nitro groups is 1. The van der Waals surface area contributed by atoms with Crippen molar-refractivity contribution in [3.8, 4) is 11.5 Å². The molecular weight excluding hydrogens is 434 g/mol. The summed E-state index contributed by atoms with van der Waals surface area (Å²) in [4.78, 5) is 38.0. The molecule has 2 atom stereocenters. The van der Waals surface area contributed by atoms with Crippen LogP contribution in [0.5, 0.6) is 11.5 Å². The molecule has 0 bridgehead atoms. The second-order valence-corrected chi connectivity index (χ2v) is 8.19. The number of benzene rings is 3. The number of nitro benzene ring substituents is 1. The van der Waals surface area contributed by atoms with E-state index in [0.717, 1.165) is 4.90 Å². The van der Waals surface area contributed by atoms with E-state index in [1.54, 1.807) is 30.3 Å². The van der Waals surface area contributed by atoms with Gasteiger partial charge < -0.3 is 10.1 Å². The van der Waals surface area contributed by atoms with Crippen molar-refractivity contribution in [3.05, 3.63) is 95.1 Å². The lowest BCUT2D eigenvalue weighted by Gasteiger charge is -2.16. The minimum Gasteiger partial charge on any atom is -0.457 e. The van der Waals surface area contributed by atoms with Crippen LogP contribution < -0.4 is 15.0 Å². The topological polar surface area (TPSA) is 102 Å². The van der Waals surface area contributed by atoms with Gasteiger partial charge in [-0.2, -0.15) is 0 Å². The molecule has 3 aromatic rings. The van der Waals surface area contributed by atoms with Crippen LogP contribution in [0.2, 0.25) is 0 Å². The van der Waals surface area contributed by atoms with Crippen LogP contribution in [0.3, 0.4) is 0 Å². The number of para-hydroxylation sites is 1. The smallest absolute Gasteiger partial charge is 0.294 e. The summed E-state index contributed by atoms with van der Waals surface area (Å²) in [5, 5.41) is 14.8. The molecule has 5 rings (SSSR count). The predicted molar refractivity (Wildman–Crippen MR) is 127 cm³/mol. The van der Waals surface area contributed by atoms with E-state index in [9.17, 15) is 19.7 Å². The molecule has 1 aliphatic heterocycles. The minimum atomic E-state index is -0.529. The largest absolute Gasteiger partial charge is 0.457 e. The molecule has 1 aliphatic carbocycles. The molecule has 0 saturated carbocycles. The number of fused-ring (bicyclic) bond motifs is 1. The van der Waals surface area contributed by atoms with E-state index in [4.69, 9.17) is 4.74 Å². The molecule has 2 amide bonds. The summed E-state index contributed by atoms with van der Waals surface area (Å²) in [6.07, 6.45) is 4.83. The lowest BCUT2D eigenvalue weighted by Crippen LogP contribution is -2.30. The Hall–Kier alpha value is -4.46. The maximum absolute atomic E-state index is 12.8. The molecule has 3 aromatic carbocycles. The molecule has 2 aliphatic rings. The van der Waals surface area contributed by atoms with E-state index >= 15 is 0 Å². The highest BCUT2D eigenvalue weighted by atomic mass is 16.6. The molecule has 170 valence electrons. The molecule has 1 saturated heterocycles. The lowest BCUT2D eigenvalue weighted by molar-refractivity contribution is -0.383. The molecule has 8 nitrogen and oxygen atoms in total. The molecule has 0 radical (unpaired) electrons. The standard InChI is InChI=1S/C26H21N3O5/c30-25-21-8-4-5-9-22(21)26(31)28(25)18-12-15-23(24(16-18)29(32)33)27-17-10-13-20(14-11-17)34-19-6-2-1-3-7-19/h1-7,10-16,21-22,27H,8-9H2/t21-,22+. The van der Waals surface area contributed by atoms with Crippen molar-refractivity contribution < 1.29 is 19.2 Å². The fraction of sp³-hybridized carbons (Fsp3) is 0.154. The Labute approximate surface area is 195 Å². The van der Waals surface area contributed by atoms with Gasteiger partial charge in [0, 0.05) is 11.8 Å². The molecule has 1 fully saturated rings.